The van der Waals surface area contributed by atoms with Crippen molar-refractivity contribution in [3.05, 3.63) is 77.4 Å². The van der Waals surface area contributed by atoms with Crippen LogP contribution in [0.5, 0.6) is 0 Å². The lowest BCUT2D eigenvalue weighted by molar-refractivity contribution is -0.117. The summed E-state index contributed by atoms with van der Waals surface area (Å²) in [5.74, 6) is -0.252. The van der Waals surface area contributed by atoms with Gasteiger partial charge in [-0.1, -0.05) is 56.3 Å². The van der Waals surface area contributed by atoms with E-state index in [-0.39, 0.29) is 5.91 Å². The van der Waals surface area contributed by atoms with Crippen LogP contribution < -0.4 is 10.9 Å². The van der Waals surface area contributed by atoms with E-state index in [2.05, 4.69) is 24.7 Å². The molecule has 6 nitrogen and oxygen atoms in total. The summed E-state index contributed by atoms with van der Waals surface area (Å²) in [5.41, 5.74) is 8.06. The predicted octanol–water partition coefficient (Wildman–Crippen LogP) is 4.26. The molecular weight excluding hydrogens is 380 g/mol. The normalized spacial score (nSPS) is 11.6. The number of amides is 2. The van der Waals surface area contributed by atoms with E-state index in [1.54, 1.807) is 44.6 Å². The van der Waals surface area contributed by atoms with Crippen LogP contribution >= 0.6 is 0 Å². The molecule has 0 fully saturated rings. The number of allylic oxidation sites excluding steroid dienone is 1. The van der Waals surface area contributed by atoms with Crippen molar-refractivity contribution in [2.45, 2.75) is 33.0 Å². The summed E-state index contributed by atoms with van der Waals surface area (Å²) < 4.78 is 10.4. The Morgan fingerprint density at radius 2 is 1.53 bits per heavy atom. The van der Waals surface area contributed by atoms with Gasteiger partial charge in [0.25, 0.3) is 11.8 Å². The van der Waals surface area contributed by atoms with Crippen molar-refractivity contribution in [2.75, 3.05) is 14.2 Å². The molecule has 0 bridgehead atoms. The molecule has 0 saturated carbocycles. The first-order valence-corrected chi connectivity index (χ1v) is 9.96. The topological polar surface area (TPSA) is 76.7 Å². The standard InChI is InChI=1S/C24H30N2O4/c1-17(2)10-11-21(18-8-6-5-7-9-18)16-22(27)25-26-23(28)19-12-14-20(15-13-19)24(29-3)30-4/h5-9,12-17,24H,10-11H2,1-4H3,(H,25,27)(H,26,28). The summed E-state index contributed by atoms with van der Waals surface area (Å²) in [4.78, 5) is 24.7. The first-order chi connectivity index (χ1) is 14.4. The molecule has 0 radical (unpaired) electrons. The second-order valence-electron chi connectivity index (χ2n) is 7.34. The number of methoxy groups -OCH3 is 2. The van der Waals surface area contributed by atoms with E-state index in [0.29, 0.717) is 11.5 Å². The largest absolute Gasteiger partial charge is 0.352 e. The fraction of sp³-hybridized carbons (Fsp3) is 0.333. The molecule has 2 aromatic carbocycles. The summed E-state index contributed by atoms with van der Waals surface area (Å²) in [7, 11) is 3.09. The van der Waals surface area contributed by atoms with Gasteiger partial charge >= 0.3 is 0 Å². The minimum atomic E-state index is -0.491. The van der Waals surface area contributed by atoms with Gasteiger partial charge in [0.05, 0.1) is 0 Å². The minimum absolute atomic E-state index is 0.374. The molecule has 6 heteroatoms. The lowest BCUT2D eigenvalue weighted by atomic mass is 9.96. The summed E-state index contributed by atoms with van der Waals surface area (Å²) in [6, 6.07) is 16.6. The zero-order valence-electron chi connectivity index (χ0n) is 18.0. The quantitative estimate of drug-likeness (QED) is 0.368. The zero-order chi connectivity index (χ0) is 21.9. The van der Waals surface area contributed by atoms with E-state index in [1.165, 1.54) is 0 Å². The molecule has 0 heterocycles. The van der Waals surface area contributed by atoms with Crippen molar-refractivity contribution < 1.29 is 19.1 Å². The first-order valence-electron chi connectivity index (χ1n) is 9.96. The van der Waals surface area contributed by atoms with E-state index in [1.807, 2.05) is 30.3 Å². The Kier molecular flexibility index (Phi) is 9.25. The van der Waals surface area contributed by atoms with Crippen LogP contribution in [0.25, 0.3) is 5.57 Å². The molecule has 0 aliphatic heterocycles. The number of rotatable bonds is 9. The van der Waals surface area contributed by atoms with Crippen LogP contribution in [-0.2, 0) is 14.3 Å². The number of hydrogen-bond acceptors (Lipinski definition) is 4. The molecule has 30 heavy (non-hydrogen) atoms. The fourth-order valence-electron chi connectivity index (χ4n) is 2.94. The zero-order valence-corrected chi connectivity index (χ0v) is 18.0. The molecule has 0 unspecified atom stereocenters. The Balaban J connectivity index is 2.00. The highest BCUT2D eigenvalue weighted by atomic mass is 16.7. The molecule has 0 atom stereocenters. The summed E-state index contributed by atoms with van der Waals surface area (Å²) in [5, 5.41) is 0. The second-order valence-corrected chi connectivity index (χ2v) is 7.34. The Hall–Kier alpha value is -2.96. The van der Waals surface area contributed by atoms with Crippen molar-refractivity contribution in [3.8, 4) is 0 Å². The summed E-state index contributed by atoms with van der Waals surface area (Å²) in [6.45, 7) is 4.30. The van der Waals surface area contributed by atoms with Crippen LogP contribution in [0.4, 0.5) is 0 Å². The molecule has 0 spiro atoms. The van der Waals surface area contributed by atoms with Crippen LogP contribution in [0.1, 0.15) is 54.5 Å². The number of carbonyl (C=O) groups is 2. The number of hydrazine groups is 1. The van der Waals surface area contributed by atoms with Gasteiger partial charge in [0.2, 0.25) is 0 Å². The van der Waals surface area contributed by atoms with Gasteiger partial charge in [0, 0.05) is 31.4 Å². The van der Waals surface area contributed by atoms with E-state index in [4.69, 9.17) is 9.47 Å². The molecule has 160 valence electrons. The lowest BCUT2D eigenvalue weighted by Gasteiger charge is -2.14. The Labute approximate surface area is 178 Å². The summed E-state index contributed by atoms with van der Waals surface area (Å²) >= 11 is 0. The number of ether oxygens (including phenoxy) is 2. The van der Waals surface area contributed by atoms with E-state index < -0.39 is 12.2 Å². The molecule has 0 saturated heterocycles. The van der Waals surface area contributed by atoms with Gasteiger partial charge in [0.15, 0.2) is 6.29 Å². The molecular formula is C24H30N2O4. The average molecular weight is 411 g/mol. The second kappa shape index (κ2) is 11.9. The number of benzene rings is 2. The van der Waals surface area contributed by atoms with Crippen LogP contribution in [0.2, 0.25) is 0 Å². The maximum atomic E-state index is 12.4. The third-order valence-electron chi connectivity index (χ3n) is 4.61. The average Bonchev–Trinajstić information content (AvgIpc) is 2.76. The first kappa shape index (κ1) is 23.3. The maximum absolute atomic E-state index is 12.4. The van der Waals surface area contributed by atoms with Gasteiger partial charge in [-0.05, 0) is 42.0 Å². The highest BCUT2D eigenvalue weighted by molar-refractivity contribution is 5.99. The van der Waals surface area contributed by atoms with Gasteiger partial charge < -0.3 is 9.47 Å². The molecule has 2 aromatic rings. The monoisotopic (exact) mass is 410 g/mol. The van der Waals surface area contributed by atoms with Crippen molar-refractivity contribution in [2.24, 2.45) is 5.92 Å². The highest BCUT2D eigenvalue weighted by Gasteiger charge is 2.12. The number of hydrogen-bond donors (Lipinski definition) is 2. The number of carbonyl (C=O) groups excluding carboxylic acids is 2. The van der Waals surface area contributed by atoms with Gasteiger partial charge in [-0.25, -0.2) is 0 Å². The van der Waals surface area contributed by atoms with Crippen molar-refractivity contribution >= 4 is 17.4 Å². The molecule has 0 aliphatic carbocycles. The Morgan fingerprint density at radius 1 is 0.900 bits per heavy atom. The molecule has 0 aliphatic rings. The van der Waals surface area contributed by atoms with Crippen molar-refractivity contribution in [1.29, 1.82) is 0 Å². The van der Waals surface area contributed by atoms with E-state index >= 15 is 0 Å². The lowest BCUT2D eigenvalue weighted by Crippen LogP contribution is -2.40. The molecule has 2 rings (SSSR count). The third-order valence-corrected chi connectivity index (χ3v) is 4.61. The van der Waals surface area contributed by atoms with E-state index in [9.17, 15) is 9.59 Å². The van der Waals surface area contributed by atoms with E-state index in [0.717, 1.165) is 29.5 Å². The van der Waals surface area contributed by atoms with Gasteiger partial charge in [-0.3, -0.25) is 20.4 Å². The smallest absolute Gasteiger partial charge is 0.269 e. The van der Waals surface area contributed by atoms with Gasteiger partial charge in [0.1, 0.15) is 0 Å². The maximum Gasteiger partial charge on any atom is 0.269 e. The van der Waals surface area contributed by atoms with Gasteiger partial charge in [-0.2, -0.15) is 0 Å². The van der Waals surface area contributed by atoms with Crippen molar-refractivity contribution in [1.82, 2.24) is 10.9 Å². The van der Waals surface area contributed by atoms with Crippen LogP contribution in [0.15, 0.2) is 60.7 Å². The van der Waals surface area contributed by atoms with Crippen molar-refractivity contribution in [3.63, 3.8) is 0 Å². The Bertz CT molecular complexity index is 841. The van der Waals surface area contributed by atoms with Crippen LogP contribution in [0, 0.1) is 5.92 Å². The minimum Gasteiger partial charge on any atom is -0.352 e. The molecule has 0 aromatic heterocycles. The highest BCUT2D eigenvalue weighted by Crippen LogP contribution is 2.22. The molecule has 2 amide bonds. The van der Waals surface area contributed by atoms with Gasteiger partial charge in [-0.15, -0.1) is 0 Å². The number of nitrogens with one attached hydrogen (secondary N) is 2. The third kappa shape index (κ3) is 7.13. The van der Waals surface area contributed by atoms with Crippen LogP contribution in [-0.4, -0.2) is 26.0 Å². The fourth-order valence-corrected chi connectivity index (χ4v) is 2.94. The van der Waals surface area contributed by atoms with Crippen LogP contribution in [0.3, 0.4) is 0 Å². The Morgan fingerprint density at radius 3 is 2.10 bits per heavy atom. The molecule has 2 N–H and O–H groups in total. The SMILES string of the molecule is COC(OC)c1ccc(C(=O)NNC(=O)C=C(CCC(C)C)c2ccccc2)cc1. The summed E-state index contributed by atoms with van der Waals surface area (Å²) in [6.07, 6.45) is 2.80. The predicted molar refractivity (Wildman–Crippen MR) is 117 cm³/mol.